The number of hydrogen-bond donors (Lipinski definition) is 0. The van der Waals surface area contributed by atoms with Gasteiger partial charge in [-0.15, -0.1) is 0 Å². The molecule has 4 rings (SSSR count). The summed E-state index contributed by atoms with van der Waals surface area (Å²) in [6.45, 7) is 6.83. The molecule has 0 radical (unpaired) electrons. The molecule has 1 fully saturated rings. The minimum absolute atomic E-state index is 0.0470. The number of amidine groups is 2. The molecule has 3 aromatic carbocycles. The summed E-state index contributed by atoms with van der Waals surface area (Å²) < 4.78 is 82.2. The lowest BCUT2D eigenvalue weighted by atomic mass is 10.0. The van der Waals surface area contributed by atoms with E-state index in [1.807, 2.05) is 43.9 Å². The summed E-state index contributed by atoms with van der Waals surface area (Å²) in [5.41, 5.74) is -0.126. The standard InChI is InChI=1S/C29H27ClF6N4/c1-18-8-6-9-19(2)26(18)37-20(3)39-12-7-13-40(17-39)27(38-25-11-5-4-10-24(25)30)21-14-22(28(31,32)33)16-23(15-21)29(34,35)36/h4-6,8-11,14-16H,7,12-13,17H2,1-3H3. The van der Waals surface area contributed by atoms with Gasteiger partial charge in [0.2, 0.25) is 0 Å². The van der Waals surface area contributed by atoms with Gasteiger partial charge in [-0.25, -0.2) is 9.98 Å². The second-order valence-electron chi connectivity index (χ2n) is 9.60. The van der Waals surface area contributed by atoms with Gasteiger partial charge in [0.15, 0.2) is 0 Å². The summed E-state index contributed by atoms with van der Waals surface area (Å²) in [4.78, 5) is 12.9. The highest BCUT2D eigenvalue weighted by Crippen LogP contribution is 2.37. The molecule has 0 atom stereocenters. The molecule has 1 heterocycles. The van der Waals surface area contributed by atoms with Crippen molar-refractivity contribution < 1.29 is 26.3 Å². The maximum Gasteiger partial charge on any atom is 0.416 e. The van der Waals surface area contributed by atoms with Crippen LogP contribution in [0.15, 0.2) is 70.6 Å². The van der Waals surface area contributed by atoms with Crippen molar-refractivity contribution in [3.8, 4) is 0 Å². The van der Waals surface area contributed by atoms with E-state index in [0.29, 0.717) is 37.5 Å². The number of hydrogen-bond acceptors (Lipinski definition) is 2. The lowest BCUT2D eigenvalue weighted by Crippen LogP contribution is -2.49. The molecule has 0 N–H and O–H groups in total. The molecule has 0 bridgehead atoms. The third-order valence-corrected chi connectivity index (χ3v) is 6.91. The van der Waals surface area contributed by atoms with Gasteiger partial charge in [-0.3, -0.25) is 0 Å². The number of nitrogens with zero attached hydrogens (tertiary/aromatic N) is 4. The summed E-state index contributed by atoms with van der Waals surface area (Å²) in [5, 5.41) is 0.213. The Morgan fingerprint density at radius 2 is 1.35 bits per heavy atom. The van der Waals surface area contributed by atoms with Gasteiger partial charge >= 0.3 is 12.4 Å². The van der Waals surface area contributed by atoms with Gasteiger partial charge in [0.25, 0.3) is 0 Å². The van der Waals surface area contributed by atoms with E-state index in [1.165, 1.54) is 0 Å². The molecule has 0 unspecified atom stereocenters. The molecule has 3 aromatic rings. The van der Waals surface area contributed by atoms with E-state index in [0.717, 1.165) is 16.8 Å². The summed E-state index contributed by atoms with van der Waals surface area (Å²) >= 11 is 6.29. The zero-order valence-corrected chi connectivity index (χ0v) is 22.8. The van der Waals surface area contributed by atoms with Crippen molar-refractivity contribution in [2.75, 3.05) is 19.8 Å². The first kappa shape index (κ1) is 29.5. The largest absolute Gasteiger partial charge is 0.416 e. The van der Waals surface area contributed by atoms with E-state index in [9.17, 15) is 26.3 Å². The van der Waals surface area contributed by atoms with Gasteiger partial charge in [0.1, 0.15) is 11.7 Å². The zero-order valence-electron chi connectivity index (χ0n) is 22.0. The highest BCUT2D eigenvalue weighted by Gasteiger charge is 2.38. The number of benzene rings is 3. The monoisotopic (exact) mass is 580 g/mol. The Hall–Kier alpha value is -3.53. The Balaban J connectivity index is 1.82. The first-order chi connectivity index (χ1) is 18.7. The number of aliphatic imine (C=N–C) groups is 2. The molecule has 0 amide bonds. The summed E-state index contributed by atoms with van der Waals surface area (Å²) in [5.74, 6) is 0.619. The normalized spacial score (nSPS) is 15.6. The van der Waals surface area contributed by atoms with Crippen LogP contribution in [0.3, 0.4) is 0 Å². The average Bonchev–Trinajstić information content (AvgIpc) is 2.89. The van der Waals surface area contributed by atoms with Crippen molar-refractivity contribution in [3.63, 3.8) is 0 Å². The van der Waals surface area contributed by atoms with E-state index in [4.69, 9.17) is 16.6 Å². The van der Waals surface area contributed by atoms with Crippen molar-refractivity contribution in [3.05, 3.63) is 93.5 Å². The third-order valence-electron chi connectivity index (χ3n) is 6.59. The number of aryl methyl sites for hydroxylation is 2. The SMILES string of the molecule is CC(=Nc1c(C)cccc1C)N1CCCN(C(=Nc2ccccc2Cl)c2cc(C(F)(F)F)cc(C(F)(F)F)c2)C1. The Labute approximate surface area is 233 Å². The fourth-order valence-electron chi connectivity index (χ4n) is 4.51. The van der Waals surface area contributed by atoms with Gasteiger partial charge in [0, 0.05) is 18.7 Å². The fraction of sp³-hybridized carbons (Fsp3) is 0.310. The van der Waals surface area contributed by atoms with E-state index in [1.54, 1.807) is 29.2 Å². The number of para-hydroxylation sites is 2. The van der Waals surface area contributed by atoms with Crippen LogP contribution in [0, 0.1) is 13.8 Å². The van der Waals surface area contributed by atoms with Crippen molar-refractivity contribution in [2.24, 2.45) is 9.98 Å². The maximum absolute atomic E-state index is 13.7. The Morgan fingerprint density at radius 1 is 0.775 bits per heavy atom. The molecular formula is C29H27ClF6N4. The van der Waals surface area contributed by atoms with Crippen LogP contribution in [0.1, 0.15) is 41.2 Å². The fourth-order valence-corrected chi connectivity index (χ4v) is 4.69. The van der Waals surface area contributed by atoms with Crippen molar-refractivity contribution in [1.82, 2.24) is 9.80 Å². The Kier molecular flexibility index (Phi) is 8.49. The molecule has 0 aliphatic carbocycles. The molecule has 0 saturated carbocycles. The lowest BCUT2D eigenvalue weighted by Gasteiger charge is -2.38. The van der Waals surface area contributed by atoms with Crippen molar-refractivity contribution in [1.29, 1.82) is 0 Å². The van der Waals surface area contributed by atoms with Gasteiger partial charge < -0.3 is 9.80 Å². The number of rotatable bonds is 3. The second-order valence-corrected chi connectivity index (χ2v) is 10.0. The molecule has 40 heavy (non-hydrogen) atoms. The summed E-state index contributed by atoms with van der Waals surface area (Å²) in [6, 6.07) is 13.7. The first-order valence-corrected chi connectivity index (χ1v) is 12.9. The summed E-state index contributed by atoms with van der Waals surface area (Å²) in [6.07, 6.45) is -9.41. The number of alkyl halides is 6. The average molecular weight is 581 g/mol. The molecule has 4 nitrogen and oxygen atoms in total. The van der Waals surface area contributed by atoms with Gasteiger partial charge in [0.05, 0.1) is 34.2 Å². The van der Waals surface area contributed by atoms with E-state index >= 15 is 0 Å². The van der Waals surface area contributed by atoms with Crippen LogP contribution in [0.5, 0.6) is 0 Å². The van der Waals surface area contributed by atoms with Gasteiger partial charge in [-0.2, -0.15) is 26.3 Å². The molecule has 0 aromatic heterocycles. The number of halogens is 7. The quantitative estimate of drug-likeness (QED) is 0.176. The topological polar surface area (TPSA) is 31.2 Å². The smallest absolute Gasteiger partial charge is 0.342 e. The lowest BCUT2D eigenvalue weighted by molar-refractivity contribution is -0.143. The Morgan fingerprint density at radius 3 is 1.93 bits per heavy atom. The van der Waals surface area contributed by atoms with Gasteiger partial charge in [-0.05, 0) is 68.7 Å². The predicted octanol–water partition coefficient (Wildman–Crippen LogP) is 8.79. The van der Waals surface area contributed by atoms with Gasteiger partial charge in [-0.1, -0.05) is 41.9 Å². The molecule has 212 valence electrons. The first-order valence-electron chi connectivity index (χ1n) is 12.5. The highest BCUT2D eigenvalue weighted by atomic mass is 35.5. The van der Waals surface area contributed by atoms with Crippen molar-refractivity contribution >= 4 is 34.6 Å². The van der Waals surface area contributed by atoms with E-state index < -0.39 is 23.5 Å². The van der Waals surface area contributed by atoms with Crippen LogP contribution in [0.4, 0.5) is 37.7 Å². The van der Waals surface area contributed by atoms with Crippen LogP contribution in [-0.2, 0) is 12.4 Å². The van der Waals surface area contributed by atoms with Crippen LogP contribution >= 0.6 is 11.6 Å². The van der Waals surface area contributed by atoms with Crippen LogP contribution in [-0.4, -0.2) is 41.2 Å². The van der Waals surface area contributed by atoms with Crippen LogP contribution in [0.25, 0.3) is 0 Å². The molecule has 1 aliphatic rings. The minimum Gasteiger partial charge on any atom is -0.342 e. The molecule has 0 spiro atoms. The highest BCUT2D eigenvalue weighted by molar-refractivity contribution is 6.33. The zero-order chi connectivity index (χ0) is 29.2. The minimum atomic E-state index is -4.99. The van der Waals surface area contributed by atoms with Crippen LogP contribution < -0.4 is 0 Å². The second kappa shape index (κ2) is 11.5. The van der Waals surface area contributed by atoms with E-state index in [2.05, 4.69) is 4.99 Å². The molecular weight excluding hydrogens is 554 g/mol. The van der Waals surface area contributed by atoms with Crippen molar-refractivity contribution in [2.45, 2.75) is 39.5 Å². The maximum atomic E-state index is 13.7. The summed E-state index contributed by atoms with van der Waals surface area (Å²) in [7, 11) is 0. The third kappa shape index (κ3) is 6.78. The van der Waals surface area contributed by atoms with E-state index in [-0.39, 0.29) is 34.8 Å². The molecule has 1 saturated heterocycles. The Bertz CT molecular complexity index is 1390. The predicted molar refractivity (Wildman–Crippen MR) is 146 cm³/mol. The molecule has 11 heteroatoms. The van der Waals surface area contributed by atoms with Crippen LogP contribution in [0.2, 0.25) is 5.02 Å². The molecule has 1 aliphatic heterocycles.